The lowest BCUT2D eigenvalue weighted by atomic mass is 9.79. The lowest BCUT2D eigenvalue weighted by Crippen LogP contribution is -2.26. The molecule has 0 amide bonds. The third-order valence-electron chi connectivity index (χ3n) is 5.65. The monoisotopic (exact) mass is 376 g/mol. The third kappa shape index (κ3) is 4.89. The number of carbonyl (C=O) groups excluding carboxylic acids is 1. The summed E-state index contributed by atoms with van der Waals surface area (Å²) in [5, 5.41) is 6.94. The average Bonchev–Trinajstić information content (AvgIpc) is 3.14. The number of hydrazone groups is 1. The highest BCUT2D eigenvalue weighted by Gasteiger charge is 2.33. The van der Waals surface area contributed by atoms with Crippen molar-refractivity contribution in [2.45, 2.75) is 64.3 Å². The molecule has 0 saturated carbocycles. The van der Waals surface area contributed by atoms with Gasteiger partial charge in [0.05, 0.1) is 6.04 Å². The van der Waals surface area contributed by atoms with E-state index >= 15 is 0 Å². The van der Waals surface area contributed by atoms with Crippen LogP contribution < -0.4 is 0 Å². The van der Waals surface area contributed by atoms with E-state index in [2.05, 4.69) is 62.2 Å². The second-order valence-electron chi connectivity index (χ2n) is 8.40. The van der Waals surface area contributed by atoms with Gasteiger partial charge in [0.1, 0.15) is 5.71 Å². The van der Waals surface area contributed by atoms with Gasteiger partial charge in [0.15, 0.2) is 5.78 Å². The van der Waals surface area contributed by atoms with E-state index < -0.39 is 0 Å². The molecule has 0 bridgehead atoms. The first-order valence-electron chi connectivity index (χ1n) is 10.5. The van der Waals surface area contributed by atoms with Crippen LogP contribution in [0.3, 0.4) is 0 Å². The Bertz CT molecular complexity index is 796. The first kappa shape index (κ1) is 20.3. The molecule has 1 atom stereocenters. The molecule has 2 aromatic rings. The maximum absolute atomic E-state index is 13.1. The quantitative estimate of drug-likeness (QED) is 0.509. The fraction of sp³-hybridized carbons (Fsp3) is 0.440. The van der Waals surface area contributed by atoms with Crippen LogP contribution in [0.4, 0.5) is 0 Å². The number of hydrogen-bond acceptors (Lipinski definition) is 3. The molecule has 1 aliphatic rings. The maximum Gasteiger partial charge on any atom is 0.179 e. The standard InChI is InChI=1S/C25H32N2O/c1-4-5-12-17-27-23(20-13-8-6-9-14-20)18-22(26-27)24(28)19-25(2,3)21-15-10-7-11-16-21/h6-11,13-16,23H,4-5,12,17-19H2,1-3H3. The van der Waals surface area contributed by atoms with Crippen molar-refractivity contribution in [3.05, 3.63) is 71.8 Å². The summed E-state index contributed by atoms with van der Waals surface area (Å²) in [6.45, 7) is 7.40. The zero-order valence-corrected chi connectivity index (χ0v) is 17.4. The van der Waals surface area contributed by atoms with Crippen molar-refractivity contribution in [1.82, 2.24) is 5.01 Å². The summed E-state index contributed by atoms with van der Waals surface area (Å²) in [4.78, 5) is 13.1. The predicted molar refractivity (Wildman–Crippen MR) is 117 cm³/mol. The van der Waals surface area contributed by atoms with Crippen LogP contribution >= 0.6 is 0 Å². The molecule has 0 aromatic heterocycles. The summed E-state index contributed by atoms with van der Waals surface area (Å²) in [7, 11) is 0. The molecule has 3 nitrogen and oxygen atoms in total. The van der Waals surface area contributed by atoms with Gasteiger partial charge >= 0.3 is 0 Å². The van der Waals surface area contributed by atoms with Crippen molar-refractivity contribution in [2.24, 2.45) is 5.10 Å². The Balaban J connectivity index is 1.74. The number of benzene rings is 2. The second kappa shape index (κ2) is 9.18. The molecule has 3 heteroatoms. The zero-order chi connectivity index (χ0) is 20.0. The zero-order valence-electron chi connectivity index (χ0n) is 17.4. The van der Waals surface area contributed by atoms with Crippen LogP contribution in [0.1, 0.15) is 70.0 Å². The van der Waals surface area contributed by atoms with Gasteiger partial charge in [-0.2, -0.15) is 5.10 Å². The van der Waals surface area contributed by atoms with E-state index in [1.807, 2.05) is 24.3 Å². The van der Waals surface area contributed by atoms with Gasteiger partial charge in [0, 0.05) is 19.4 Å². The summed E-state index contributed by atoms with van der Waals surface area (Å²) < 4.78 is 0. The Morgan fingerprint density at radius 2 is 1.68 bits per heavy atom. The van der Waals surface area contributed by atoms with Crippen LogP contribution in [0.25, 0.3) is 0 Å². The first-order valence-corrected chi connectivity index (χ1v) is 10.5. The van der Waals surface area contributed by atoms with Gasteiger partial charge in [-0.25, -0.2) is 0 Å². The number of unbranched alkanes of at least 4 members (excludes halogenated alkanes) is 2. The molecule has 0 N–H and O–H groups in total. The molecule has 0 saturated heterocycles. The van der Waals surface area contributed by atoms with Gasteiger partial charge in [-0.3, -0.25) is 9.80 Å². The van der Waals surface area contributed by atoms with Crippen LogP contribution in [0, 0.1) is 0 Å². The number of ketones is 1. The fourth-order valence-electron chi connectivity index (χ4n) is 3.91. The molecule has 28 heavy (non-hydrogen) atoms. The molecular formula is C25H32N2O. The molecule has 1 aliphatic heterocycles. The highest BCUT2D eigenvalue weighted by Crippen LogP contribution is 2.33. The Hall–Kier alpha value is -2.42. The molecule has 0 spiro atoms. The van der Waals surface area contributed by atoms with Gasteiger partial charge in [-0.1, -0.05) is 94.3 Å². The molecule has 2 aromatic carbocycles. The van der Waals surface area contributed by atoms with E-state index in [-0.39, 0.29) is 17.2 Å². The summed E-state index contributed by atoms with van der Waals surface area (Å²) in [6.07, 6.45) is 4.68. The number of Topliss-reactive ketones (excluding diaryl/α,β-unsaturated/α-hetero) is 1. The number of carbonyl (C=O) groups is 1. The van der Waals surface area contributed by atoms with Crippen molar-refractivity contribution >= 4 is 11.5 Å². The van der Waals surface area contributed by atoms with Crippen molar-refractivity contribution < 1.29 is 4.79 Å². The minimum Gasteiger partial charge on any atom is -0.293 e. The maximum atomic E-state index is 13.1. The van der Waals surface area contributed by atoms with E-state index in [0.717, 1.165) is 18.7 Å². The predicted octanol–water partition coefficient (Wildman–Crippen LogP) is 5.92. The highest BCUT2D eigenvalue weighted by atomic mass is 16.1. The van der Waals surface area contributed by atoms with E-state index in [9.17, 15) is 4.79 Å². The van der Waals surface area contributed by atoms with E-state index in [1.54, 1.807) is 0 Å². The molecule has 0 fully saturated rings. The SMILES string of the molecule is CCCCCN1N=C(C(=O)CC(C)(C)c2ccccc2)CC1c1ccccc1. The topological polar surface area (TPSA) is 32.7 Å². The number of hydrogen-bond donors (Lipinski definition) is 0. The minimum absolute atomic E-state index is 0.174. The summed E-state index contributed by atoms with van der Waals surface area (Å²) in [6, 6.07) is 20.9. The Labute approximate surface area is 169 Å². The van der Waals surface area contributed by atoms with Crippen LogP contribution in [0.2, 0.25) is 0 Å². The van der Waals surface area contributed by atoms with E-state index in [1.165, 1.54) is 24.0 Å². The molecule has 3 rings (SSSR count). The first-order chi connectivity index (χ1) is 13.5. The molecular weight excluding hydrogens is 344 g/mol. The third-order valence-corrected chi connectivity index (χ3v) is 5.65. The van der Waals surface area contributed by atoms with Gasteiger partial charge in [-0.05, 0) is 23.0 Å². The Morgan fingerprint density at radius 3 is 2.32 bits per heavy atom. The Morgan fingerprint density at radius 1 is 1.04 bits per heavy atom. The summed E-state index contributed by atoms with van der Waals surface area (Å²) in [5.41, 5.74) is 2.97. The van der Waals surface area contributed by atoms with Crippen LogP contribution in [-0.2, 0) is 10.2 Å². The van der Waals surface area contributed by atoms with E-state index in [0.29, 0.717) is 12.8 Å². The fourth-order valence-corrected chi connectivity index (χ4v) is 3.91. The molecule has 148 valence electrons. The normalized spacial score (nSPS) is 16.9. The van der Waals surface area contributed by atoms with Gasteiger partial charge in [0.2, 0.25) is 0 Å². The number of nitrogens with zero attached hydrogens (tertiary/aromatic N) is 2. The second-order valence-corrected chi connectivity index (χ2v) is 8.40. The van der Waals surface area contributed by atoms with E-state index in [4.69, 9.17) is 5.10 Å². The van der Waals surface area contributed by atoms with Crippen molar-refractivity contribution in [2.75, 3.05) is 6.54 Å². The van der Waals surface area contributed by atoms with Crippen LogP contribution in [0.15, 0.2) is 65.8 Å². The van der Waals surface area contributed by atoms with Gasteiger partial charge < -0.3 is 0 Å². The van der Waals surface area contributed by atoms with Crippen molar-refractivity contribution in [3.8, 4) is 0 Å². The minimum atomic E-state index is -0.196. The largest absolute Gasteiger partial charge is 0.293 e. The van der Waals surface area contributed by atoms with Crippen molar-refractivity contribution in [3.63, 3.8) is 0 Å². The van der Waals surface area contributed by atoms with Crippen molar-refractivity contribution in [1.29, 1.82) is 0 Å². The molecule has 1 unspecified atom stereocenters. The summed E-state index contributed by atoms with van der Waals surface area (Å²) in [5.74, 6) is 0.174. The van der Waals surface area contributed by atoms with Crippen LogP contribution in [-0.4, -0.2) is 23.0 Å². The smallest absolute Gasteiger partial charge is 0.179 e. The Kier molecular flexibility index (Phi) is 6.66. The number of rotatable bonds is 9. The molecule has 1 heterocycles. The molecule has 0 aliphatic carbocycles. The lowest BCUT2D eigenvalue weighted by Gasteiger charge is -2.24. The van der Waals surface area contributed by atoms with Crippen LogP contribution in [0.5, 0.6) is 0 Å². The molecule has 0 radical (unpaired) electrons. The highest BCUT2D eigenvalue weighted by molar-refractivity contribution is 6.40. The lowest BCUT2D eigenvalue weighted by molar-refractivity contribution is -0.114. The van der Waals surface area contributed by atoms with Gasteiger partial charge in [0.25, 0.3) is 0 Å². The average molecular weight is 377 g/mol. The summed E-state index contributed by atoms with van der Waals surface area (Å²) >= 11 is 0. The van der Waals surface area contributed by atoms with Gasteiger partial charge in [-0.15, -0.1) is 0 Å².